The third-order valence-corrected chi connectivity index (χ3v) is 5.29. The molecular formula is C17H23ClN2O4. The van der Waals surface area contributed by atoms with Crippen LogP contribution in [0.3, 0.4) is 0 Å². The van der Waals surface area contributed by atoms with Gasteiger partial charge < -0.3 is 24.8 Å². The first kappa shape index (κ1) is 17.3. The summed E-state index contributed by atoms with van der Waals surface area (Å²) in [5, 5.41) is 13.8. The summed E-state index contributed by atoms with van der Waals surface area (Å²) < 4.78 is 10.7. The Hall–Kier alpha value is -1.50. The molecule has 0 aromatic heterocycles. The molecule has 132 valence electrons. The number of hydrogen-bond acceptors (Lipinski definition) is 5. The van der Waals surface area contributed by atoms with Crippen LogP contribution in [0.2, 0.25) is 0 Å². The molecule has 0 unspecified atom stereocenters. The third-order valence-electron chi connectivity index (χ3n) is 5.29. The van der Waals surface area contributed by atoms with Crippen molar-refractivity contribution < 1.29 is 19.4 Å². The second kappa shape index (κ2) is 6.78. The molecular weight excluding hydrogens is 332 g/mol. The minimum absolute atomic E-state index is 0. The van der Waals surface area contributed by atoms with Gasteiger partial charge in [0, 0.05) is 30.6 Å². The van der Waals surface area contributed by atoms with Crippen molar-refractivity contribution in [1.82, 2.24) is 10.2 Å². The zero-order valence-electron chi connectivity index (χ0n) is 13.5. The van der Waals surface area contributed by atoms with E-state index < -0.39 is 0 Å². The van der Waals surface area contributed by atoms with Gasteiger partial charge in [0.1, 0.15) is 0 Å². The molecule has 3 aliphatic rings. The van der Waals surface area contributed by atoms with Crippen LogP contribution in [0, 0.1) is 5.41 Å². The van der Waals surface area contributed by atoms with Crippen LogP contribution in [0.4, 0.5) is 0 Å². The number of carbonyl (C=O) groups is 1. The number of nitrogens with zero attached hydrogens (tertiary/aromatic N) is 1. The lowest BCUT2D eigenvalue weighted by atomic mass is 9.72. The van der Waals surface area contributed by atoms with Crippen LogP contribution < -0.4 is 14.8 Å². The summed E-state index contributed by atoms with van der Waals surface area (Å²) in [5.41, 5.74) is 0.409. The number of aliphatic hydroxyl groups is 1. The molecule has 1 spiro atoms. The van der Waals surface area contributed by atoms with Crippen molar-refractivity contribution >= 4 is 18.3 Å². The average Bonchev–Trinajstić information content (AvgIpc) is 3.05. The number of halogens is 1. The molecule has 4 rings (SSSR count). The van der Waals surface area contributed by atoms with Crippen LogP contribution in [0.5, 0.6) is 11.5 Å². The Morgan fingerprint density at radius 2 is 2.17 bits per heavy atom. The van der Waals surface area contributed by atoms with E-state index in [1.54, 1.807) is 18.2 Å². The van der Waals surface area contributed by atoms with Crippen LogP contribution in [-0.4, -0.2) is 55.0 Å². The number of nitrogens with one attached hydrogen (secondary N) is 1. The number of benzene rings is 1. The SMILES string of the molecule is Cl.O=C(c1ccc2c(c1)OCO2)N1CCC[C@]2(CNCC[C@@H]2O)C1. The summed E-state index contributed by atoms with van der Waals surface area (Å²) in [5.74, 6) is 1.31. The smallest absolute Gasteiger partial charge is 0.254 e. The maximum Gasteiger partial charge on any atom is 0.254 e. The average molecular weight is 355 g/mol. The van der Waals surface area contributed by atoms with Gasteiger partial charge in [-0.1, -0.05) is 0 Å². The van der Waals surface area contributed by atoms with Crippen LogP contribution in [0.25, 0.3) is 0 Å². The summed E-state index contributed by atoms with van der Waals surface area (Å²) in [4.78, 5) is 14.7. The molecule has 1 aromatic carbocycles. The first-order valence-electron chi connectivity index (χ1n) is 8.26. The molecule has 0 radical (unpaired) electrons. The van der Waals surface area contributed by atoms with Crippen molar-refractivity contribution in [3.8, 4) is 11.5 Å². The standard InChI is InChI=1S/C17H22N2O4.ClH/c20-15-4-6-18-9-17(15)5-1-7-19(10-17)16(21)12-2-3-13-14(8-12)23-11-22-13;/h2-3,8,15,18,20H,1,4-7,9-11H2;1H/t15-,17-;/m0./s1. The van der Waals surface area contributed by atoms with Gasteiger partial charge in [0.2, 0.25) is 6.79 Å². The van der Waals surface area contributed by atoms with Gasteiger partial charge in [-0.25, -0.2) is 0 Å². The minimum atomic E-state index is -0.337. The first-order valence-corrected chi connectivity index (χ1v) is 8.26. The highest BCUT2D eigenvalue weighted by atomic mass is 35.5. The number of fused-ring (bicyclic) bond motifs is 1. The van der Waals surface area contributed by atoms with Crippen molar-refractivity contribution in [2.75, 3.05) is 33.0 Å². The zero-order valence-corrected chi connectivity index (χ0v) is 14.3. The van der Waals surface area contributed by atoms with Gasteiger partial charge in [-0.3, -0.25) is 4.79 Å². The Kier molecular flexibility index (Phi) is 4.90. The van der Waals surface area contributed by atoms with Crippen molar-refractivity contribution in [2.45, 2.75) is 25.4 Å². The van der Waals surface area contributed by atoms with Gasteiger partial charge in [-0.2, -0.15) is 0 Å². The maximum atomic E-state index is 12.9. The van der Waals surface area contributed by atoms with Crippen molar-refractivity contribution in [1.29, 1.82) is 0 Å². The molecule has 0 aliphatic carbocycles. The highest BCUT2D eigenvalue weighted by molar-refractivity contribution is 5.95. The highest BCUT2D eigenvalue weighted by Crippen LogP contribution is 2.37. The van der Waals surface area contributed by atoms with Gasteiger partial charge in [0.05, 0.1) is 6.10 Å². The summed E-state index contributed by atoms with van der Waals surface area (Å²) in [7, 11) is 0. The third kappa shape index (κ3) is 2.94. The lowest BCUT2D eigenvalue weighted by Gasteiger charge is -2.48. The Morgan fingerprint density at radius 1 is 1.33 bits per heavy atom. The predicted octanol–water partition coefficient (Wildman–Crippen LogP) is 1.41. The van der Waals surface area contributed by atoms with E-state index in [9.17, 15) is 9.90 Å². The molecule has 2 atom stereocenters. The Morgan fingerprint density at radius 3 is 3.00 bits per heavy atom. The Labute approximate surface area is 147 Å². The molecule has 7 heteroatoms. The number of ether oxygens (including phenoxy) is 2. The topological polar surface area (TPSA) is 71.0 Å². The summed E-state index contributed by atoms with van der Waals surface area (Å²) in [6, 6.07) is 5.32. The summed E-state index contributed by atoms with van der Waals surface area (Å²) in [6.07, 6.45) is 2.31. The van der Waals surface area contributed by atoms with E-state index in [0.29, 0.717) is 23.6 Å². The molecule has 3 heterocycles. The molecule has 0 saturated carbocycles. The van der Waals surface area contributed by atoms with E-state index in [0.717, 1.165) is 38.9 Å². The minimum Gasteiger partial charge on any atom is -0.454 e. The van der Waals surface area contributed by atoms with Gasteiger partial charge in [0.25, 0.3) is 5.91 Å². The van der Waals surface area contributed by atoms with Gasteiger partial charge in [-0.15, -0.1) is 12.4 Å². The van der Waals surface area contributed by atoms with Crippen LogP contribution in [0.1, 0.15) is 29.6 Å². The summed E-state index contributed by atoms with van der Waals surface area (Å²) >= 11 is 0. The van der Waals surface area contributed by atoms with E-state index in [1.807, 2.05) is 4.90 Å². The van der Waals surface area contributed by atoms with E-state index >= 15 is 0 Å². The second-order valence-corrected chi connectivity index (χ2v) is 6.74. The highest BCUT2D eigenvalue weighted by Gasteiger charge is 2.44. The maximum absolute atomic E-state index is 12.9. The molecule has 2 N–H and O–H groups in total. The monoisotopic (exact) mass is 354 g/mol. The lowest BCUT2D eigenvalue weighted by molar-refractivity contribution is -0.0433. The zero-order chi connectivity index (χ0) is 15.9. The number of aliphatic hydroxyl groups excluding tert-OH is 1. The molecule has 2 fully saturated rings. The Balaban J connectivity index is 0.00000169. The molecule has 2 saturated heterocycles. The van der Waals surface area contributed by atoms with Gasteiger partial charge in [0.15, 0.2) is 11.5 Å². The van der Waals surface area contributed by atoms with E-state index in [-0.39, 0.29) is 36.6 Å². The van der Waals surface area contributed by atoms with Crippen molar-refractivity contribution in [2.24, 2.45) is 5.41 Å². The number of piperidine rings is 2. The normalized spacial score (nSPS) is 28.5. The van der Waals surface area contributed by atoms with Gasteiger partial charge in [-0.05, 0) is 44.0 Å². The predicted molar refractivity (Wildman–Crippen MR) is 90.9 cm³/mol. The summed E-state index contributed by atoms with van der Waals surface area (Å²) in [6.45, 7) is 3.17. The van der Waals surface area contributed by atoms with E-state index in [4.69, 9.17) is 9.47 Å². The second-order valence-electron chi connectivity index (χ2n) is 6.74. The molecule has 1 aromatic rings. The first-order chi connectivity index (χ1) is 11.2. The fourth-order valence-corrected chi connectivity index (χ4v) is 3.96. The quantitative estimate of drug-likeness (QED) is 0.798. The molecule has 3 aliphatic heterocycles. The number of amides is 1. The number of rotatable bonds is 1. The fourth-order valence-electron chi connectivity index (χ4n) is 3.96. The van der Waals surface area contributed by atoms with Crippen molar-refractivity contribution in [3.05, 3.63) is 23.8 Å². The molecule has 6 nitrogen and oxygen atoms in total. The molecule has 0 bridgehead atoms. The van der Waals surface area contributed by atoms with Crippen LogP contribution in [-0.2, 0) is 0 Å². The lowest BCUT2D eigenvalue weighted by Crippen LogP contribution is -2.58. The molecule has 1 amide bonds. The van der Waals surface area contributed by atoms with Crippen LogP contribution >= 0.6 is 12.4 Å². The number of likely N-dealkylation sites (tertiary alicyclic amines) is 1. The largest absolute Gasteiger partial charge is 0.454 e. The fraction of sp³-hybridized carbons (Fsp3) is 0.588. The number of carbonyl (C=O) groups excluding carboxylic acids is 1. The Bertz CT molecular complexity index is 623. The molecule has 24 heavy (non-hydrogen) atoms. The van der Waals surface area contributed by atoms with E-state index in [1.165, 1.54) is 0 Å². The van der Waals surface area contributed by atoms with E-state index in [2.05, 4.69) is 5.32 Å². The van der Waals surface area contributed by atoms with Crippen molar-refractivity contribution in [3.63, 3.8) is 0 Å². The van der Waals surface area contributed by atoms with Gasteiger partial charge >= 0.3 is 0 Å². The van der Waals surface area contributed by atoms with Crippen LogP contribution in [0.15, 0.2) is 18.2 Å². The number of hydrogen-bond donors (Lipinski definition) is 2.